The van der Waals surface area contributed by atoms with Gasteiger partial charge in [-0.2, -0.15) is 0 Å². The van der Waals surface area contributed by atoms with E-state index in [-0.39, 0.29) is 17.9 Å². The molecule has 1 saturated carbocycles. The van der Waals surface area contributed by atoms with Crippen LogP contribution in [-0.4, -0.2) is 18.5 Å². The van der Waals surface area contributed by atoms with Crippen molar-refractivity contribution in [3.05, 3.63) is 0 Å². The fraction of sp³-hybridized carbons (Fsp3) is 0.938. The molecular formula is C16H32N2O. The van der Waals surface area contributed by atoms with Gasteiger partial charge in [0.15, 0.2) is 0 Å². The largest absolute Gasteiger partial charge is 0.353 e. The lowest BCUT2D eigenvalue weighted by Crippen LogP contribution is -2.43. The molecule has 3 N–H and O–H groups in total. The molecule has 0 radical (unpaired) electrons. The van der Waals surface area contributed by atoms with Gasteiger partial charge in [-0.3, -0.25) is 4.79 Å². The molecule has 1 fully saturated rings. The van der Waals surface area contributed by atoms with Crippen LogP contribution in [0.25, 0.3) is 0 Å². The summed E-state index contributed by atoms with van der Waals surface area (Å²) in [5.74, 6) is 1.55. The maximum atomic E-state index is 12.2. The highest BCUT2D eigenvalue weighted by molar-refractivity contribution is 5.79. The Balaban J connectivity index is 2.41. The zero-order valence-corrected chi connectivity index (χ0v) is 13.3. The molecule has 0 aromatic rings. The van der Waals surface area contributed by atoms with Gasteiger partial charge in [-0.05, 0) is 56.4 Å². The van der Waals surface area contributed by atoms with Gasteiger partial charge in [0.2, 0.25) is 5.91 Å². The third kappa shape index (κ3) is 4.79. The Morgan fingerprint density at radius 1 is 1.21 bits per heavy atom. The highest BCUT2D eigenvalue weighted by Crippen LogP contribution is 2.39. The standard InChI is InChI=1S/C16H32N2O/c1-11(10-17)12(2)18-15(19)13-6-8-14(9-7-13)16(3,4)5/h11-14H,6-10,17H2,1-5H3,(H,18,19). The minimum atomic E-state index is 0.179. The molecule has 1 aliphatic carbocycles. The summed E-state index contributed by atoms with van der Waals surface area (Å²) in [6.45, 7) is 11.7. The highest BCUT2D eigenvalue weighted by Gasteiger charge is 2.32. The van der Waals surface area contributed by atoms with Crippen molar-refractivity contribution in [1.82, 2.24) is 5.32 Å². The van der Waals surface area contributed by atoms with Crippen LogP contribution in [0.5, 0.6) is 0 Å². The smallest absolute Gasteiger partial charge is 0.223 e. The molecule has 1 rings (SSSR count). The average Bonchev–Trinajstić information content (AvgIpc) is 2.36. The summed E-state index contributed by atoms with van der Waals surface area (Å²) in [7, 11) is 0. The second-order valence-corrected chi connectivity index (χ2v) is 7.42. The maximum Gasteiger partial charge on any atom is 0.223 e. The minimum absolute atomic E-state index is 0.179. The van der Waals surface area contributed by atoms with Crippen LogP contribution >= 0.6 is 0 Å². The molecule has 1 amide bonds. The normalized spacial score (nSPS) is 27.7. The predicted octanol–water partition coefficient (Wildman–Crippen LogP) is 2.94. The molecule has 19 heavy (non-hydrogen) atoms. The predicted molar refractivity (Wildman–Crippen MR) is 80.7 cm³/mol. The molecule has 0 saturated heterocycles. The first-order valence-electron chi connectivity index (χ1n) is 7.76. The minimum Gasteiger partial charge on any atom is -0.353 e. The Labute approximate surface area is 118 Å². The number of amides is 1. The number of nitrogens with two attached hydrogens (primary N) is 1. The van der Waals surface area contributed by atoms with Crippen LogP contribution in [0.1, 0.15) is 60.3 Å². The molecule has 0 heterocycles. The first kappa shape index (κ1) is 16.5. The van der Waals surface area contributed by atoms with Crippen molar-refractivity contribution in [3.8, 4) is 0 Å². The summed E-state index contributed by atoms with van der Waals surface area (Å²) in [5.41, 5.74) is 6.02. The van der Waals surface area contributed by atoms with E-state index in [0.29, 0.717) is 17.9 Å². The molecule has 0 spiro atoms. The number of rotatable bonds is 4. The molecule has 1 aliphatic rings. The van der Waals surface area contributed by atoms with E-state index in [4.69, 9.17) is 5.73 Å². The van der Waals surface area contributed by atoms with E-state index in [0.717, 1.165) is 18.8 Å². The van der Waals surface area contributed by atoms with Crippen LogP contribution in [0.4, 0.5) is 0 Å². The van der Waals surface area contributed by atoms with Crippen molar-refractivity contribution < 1.29 is 4.79 Å². The lowest BCUT2D eigenvalue weighted by molar-refractivity contribution is -0.127. The van der Waals surface area contributed by atoms with Crippen LogP contribution in [-0.2, 0) is 4.79 Å². The van der Waals surface area contributed by atoms with Crippen molar-refractivity contribution in [2.75, 3.05) is 6.54 Å². The van der Waals surface area contributed by atoms with Gasteiger partial charge in [-0.25, -0.2) is 0 Å². The second kappa shape index (κ2) is 6.74. The van der Waals surface area contributed by atoms with Crippen LogP contribution < -0.4 is 11.1 Å². The zero-order valence-electron chi connectivity index (χ0n) is 13.3. The van der Waals surface area contributed by atoms with Gasteiger partial charge in [0.25, 0.3) is 0 Å². The molecule has 112 valence electrons. The lowest BCUT2D eigenvalue weighted by atomic mass is 9.69. The molecule has 2 atom stereocenters. The van der Waals surface area contributed by atoms with Gasteiger partial charge in [-0.1, -0.05) is 27.7 Å². The molecule has 2 unspecified atom stereocenters. The van der Waals surface area contributed by atoms with Crippen molar-refractivity contribution in [2.45, 2.75) is 66.3 Å². The summed E-state index contributed by atoms with van der Waals surface area (Å²) in [4.78, 5) is 12.2. The third-order valence-electron chi connectivity index (χ3n) is 4.92. The lowest BCUT2D eigenvalue weighted by Gasteiger charge is -2.37. The topological polar surface area (TPSA) is 55.1 Å². The summed E-state index contributed by atoms with van der Waals surface area (Å²) >= 11 is 0. The molecule has 0 aliphatic heterocycles. The Hall–Kier alpha value is -0.570. The summed E-state index contributed by atoms with van der Waals surface area (Å²) in [5, 5.41) is 3.13. The van der Waals surface area contributed by atoms with E-state index in [1.165, 1.54) is 12.8 Å². The second-order valence-electron chi connectivity index (χ2n) is 7.42. The maximum absolute atomic E-state index is 12.2. The van der Waals surface area contributed by atoms with Gasteiger partial charge in [0.05, 0.1) is 0 Å². The van der Waals surface area contributed by atoms with Gasteiger partial charge >= 0.3 is 0 Å². The van der Waals surface area contributed by atoms with E-state index in [1.54, 1.807) is 0 Å². The van der Waals surface area contributed by atoms with Gasteiger partial charge in [-0.15, -0.1) is 0 Å². The molecule has 0 aromatic heterocycles. The molecular weight excluding hydrogens is 236 g/mol. The first-order valence-corrected chi connectivity index (χ1v) is 7.76. The van der Waals surface area contributed by atoms with E-state index in [2.05, 4.69) is 39.9 Å². The first-order chi connectivity index (χ1) is 8.75. The van der Waals surface area contributed by atoms with Crippen molar-refractivity contribution in [1.29, 1.82) is 0 Å². The van der Waals surface area contributed by atoms with Crippen LogP contribution in [0, 0.1) is 23.2 Å². The van der Waals surface area contributed by atoms with Crippen molar-refractivity contribution in [3.63, 3.8) is 0 Å². The zero-order chi connectivity index (χ0) is 14.6. The average molecular weight is 268 g/mol. The van der Waals surface area contributed by atoms with Crippen LogP contribution in [0.2, 0.25) is 0 Å². The highest BCUT2D eigenvalue weighted by atomic mass is 16.1. The molecule has 0 bridgehead atoms. The molecule has 3 nitrogen and oxygen atoms in total. The number of hydrogen-bond donors (Lipinski definition) is 2. The van der Waals surface area contributed by atoms with E-state index >= 15 is 0 Å². The molecule has 0 aromatic carbocycles. The number of carbonyl (C=O) groups is 1. The van der Waals surface area contributed by atoms with Crippen LogP contribution in [0.3, 0.4) is 0 Å². The van der Waals surface area contributed by atoms with Crippen molar-refractivity contribution >= 4 is 5.91 Å². The number of hydrogen-bond acceptors (Lipinski definition) is 2. The SMILES string of the molecule is CC(CN)C(C)NC(=O)C1CCC(C(C)(C)C)CC1. The van der Waals surface area contributed by atoms with E-state index in [1.807, 2.05) is 0 Å². The van der Waals surface area contributed by atoms with Gasteiger partial charge < -0.3 is 11.1 Å². The number of nitrogens with one attached hydrogen (secondary N) is 1. The summed E-state index contributed by atoms with van der Waals surface area (Å²) < 4.78 is 0. The fourth-order valence-corrected chi connectivity index (χ4v) is 2.91. The van der Waals surface area contributed by atoms with Gasteiger partial charge in [0, 0.05) is 12.0 Å². The fourth-order valence-electron chi connectivity index (χ4n) is 2.91. The summed E-state index contributed by atoms with van der Waals surface area (Å²) in [6, 6.07) is 0.179. The van der Waals surface area contributed by atoms with E-state index in [9.17, 15) is 4.79 Å². The van der Waals surface area contributed by atoms with Crippen molar-refractivity contribution in [2.24, 2.45) is 28.9 Å². The Morgan fingerprint density at radius 3 is 2.16 bits per heavy atom. The monoisotopic (exact) mass is 268 g/mol. The quantitative estimate of drug-likeness (QED) is 0.823. The third-order valence-corrected chi connectivity index (χ3v) is 4.92. The Kier molecular flexibility index (Phi) is 5.84. The Bertz CT molecular complexity index is 288. The van der Waals surface area contributed by atoms with Gasteiger partial charge in [0.1, 0.15) is 0 Å². The van der Waals surface area contributed by atoms with E-state index < -0.39 is 0 Å². The Morgan fingerprint density at radius 2 is 1.74 bits per heavy atom. The van der Waals surface area contributed by atoms with Crippen LogP contribution in [0.15, 0.2) is 0 Å². The summed E-state index contributed by atoms with van der Waals surface area (Å²) in [6.07, 6.45) is 4.44. The number of carbonyl (C=O) groups excluding carboxylic acids is 1. The molecule has 3 heteroatoms.